The number of likely N-dealkylation sites (tertiary alicyclic amines) is 1. The maximum atomic E-state index is 13.0. The number of hydrogen-bond acceptors (Lipinski definition) is 3. The fourth-order valence-electron chi connectivity index (χ4n) is 3.90. The van der Waals surface area contributed by atoms with Crippen LogP contribution in [0.5, 0.6) is 0 Å². The maximum Gasteiger partial charge on any atom is 0.256 e. The van der Waals surface area contributed by atoms with Gasteiger partial charge in [-0.15, -0.1) is 10.2 Å². The molecule has 0 unspecified atom stereocenters. The van der Waals surface area contributed by atoms with Crippen LogP contribution in [0, 0.1) is 0 Å². The lowest BCUT2D eigenvalue weighted by Crippen LogP contribution is -2.38. The molecule has 0 atom stereocenters. The van der Waals surface area contributed by atoms with E-state index in [1.54, 1.807) is 0 Å². The largest absolute Gasteiger partial charge is 0.360 e. The van der Waals surface area contributed by atoms with Crippen LogP contribution in [0.15, 0.2) is 54.9 Å². The SMILES string of the molecule is O=C(c1c[nH]c2ccccc12)N1CCC(c2nnc3ccccn23)CC1. The molecule has 1 aliphatic rings. The Labute approximate surface area is 150 Å². The van der Waals surface area contributed by atoms with Gasteiger partial charge in [0, 0.05) is 42.3 Å². The molecule has 1 saturated heterocycles. The van der Waals surface area contributed by atoms with Gasteiger partial charge < -0.3 is 9.88 Å². The van der Waals surface area contributed by atoms with Crippen molar-refractivity contribution in [3.63, 3.8) is 0 Å². The Hall–Kier alpha value is -3.15. The molecule has 1 fully saturated rings. The minimum Gasteiger partial charge on any atom is -0.360 e. The van der Waals surface area contributed by atoms with Crippen molar-refractivity contribution < 1.29 is 4.79 Å². The third-order valence-electron chi connectivity index (χ3n) is 5.31. The molecule has 0 bridgehead atoms. The second-order valence-electron chi connectivity index (χ2n) is 6.80. The van der Waals surface area contributed by atoms with Gasteiger partial charge in [0.25, 0.3) is 5.91 Å². The highest BCUT2D eigenvalue weighted by Crippen LogP contribution is 2.29. The molecular weight excluding hydrogens is 326 g/mol. The molecule has 0 saturated carbocycles. The number of aromatic amines is 1. The number of hydrogen-bond donors (Lipinski definition) is 1. The van der Waals surface area contributed by atoms with Gasteiger partial charge in [0.15, 0.2) is 5.65 Å². The summed E-state index contributed by atoms with van der Waals surface area (Å²) in [5.74, 6) is 1.44. The number of rotatable bonds is 2. The van der Waals surface area contributed by atoms with Gasteiger partial charge in [-0.1, -0.05) is 24.3 Å². The minimum absolute atomic E-state index is 0.104. The van der Waals surface area contributed by atoms with Gasteiger partial charge in [0.1, 0.15) is 5.82 Å². The van der Waals surface area contributed by atoms with Crippen molar-refractivity contribution in [2.24, 2.45) is 0 Å². The molecule has 0 spiro atoms. The van der Waals surface area contributed by atoms with Crippen LogP contribution < -0.4 is 0 Å². The van der Waals surface area contributed by atoms with E-state index in [1.807, 2.05) is 59.8 Å². The van der Waals surface area contributed by atoms with Gasteiger partial charge in [-0.2, -0.15) is 0 Å². The van der Waals surface area contributed by atoms with Crippen LogP contribution in [0.25, 0.3) is 16.6 Å². The van der Waals surface area contributed by atoms with Crippen LogP contribution in [0.2, 0.25) is 0 Å². The molecule has 3 aromatic heterocycles. The van der Waals surface area contributed by atoms with E-state index in [1.165, 1.54) is 0 Å². The zero-order chi connectivity index (χ0) is 17.5. The molecule has 6 nitrogen and oxygen atoms in total. The average Bonchev–Trinajstić information content (AvgIpc) is 3.32. The highest BCUT2D eigenvalue weighted by atomic mass is 16.2. The van der Waals surface area contributed by atoms with Crippen LogP contribution in [-0.4, -0.2) is 43.5 Å². The van der Waals surface area contributed by atoms with E-state index >= 15 is 0 Å². The Morgan fingerprint density at radius 2 is 1.85 bits per heavy atom. The molecule has 0 radical (unpaired) electrons. The molecule has 1 aliphatic heterocycles. The standard InChI is InChI=1S/C20H19N5O/c26-20(16-13-21-17-6-2-1-5-15(16)17)24-11-8-14(9-12-24)19-23-22-18-7-3-4-10-25(18)19/h1-7,10,13-14,21H,8-9,11-12H2. The second kappa shape index (κ2) is 5.98. The lowest BCUT2D eigenvalue weighted by Gasteiger charge is -2.31. The molecule has 130 valence electrons. The number of carbonyl (C=O) groups excluding carboxylic acids is 1. The Morgan fingerprint density at radius 1 is 1.04 bits per heavy atom. The Balaban J connectivity index is 1.35. The van der Waals surface area contributed by atoms with Crippen LogP contribution in [-0.2, 0) is 0 Å². The predicted molar refractivity (Wildman–Crippen MR) is 99.2 cm³/mol. The Kier molecular flexibility index (Phi) is 3.48. The Bertz CT molecular complexity index is 1090. The number of para-hydroxylation sites is 1. The summed E-state index contributed by atoms with van der Waals surface area (Å²) in [4.78, 5) is 18.1. The van der Waals surface area contributed by atoms with E-state index in [-0.39, 0.29) is 5.91 Å². The summed E-state index contributed by atoms with van der Waals surface area (Å²) in [5, 5.41) is 9.62. The van der Waals surface area contributed by atoms with E-state index in [0.717, 1.165) is 53.9 Å². The highest BCUT2D eigenvalue weighted by molar-refractivity contribution is 6.06. The number of aromatic nitrogens is 4. The molecule has 0 aliphatic carbocycles. The summed E-state index contributed by atoms with van der Waals surface area (Å²) >= 11 is 0. The number of benzene rings is 1. The van der Waals surface area contributed by atoms with E-state index in [2.05, 4.69) is 19.6 Å². The van der Waals surface area contributed by atoms with Crippen molar-refractivity contribution in [1.29, 1.82) is 0 Å². The van der Waals surface area contributed by atoms with E-state index in [9.17, 15) is 4.79 Å². The number of pyridine rings is 1. The van der Waals surface area contributed by atoms with Crippen molar-refractivity contribution in [3.8, 4) is 0 Å². The van der Waals surface area contributed by atoms with Crippen molar-refractivity contribution in [2.75, 3.05) is 13.1 Å². The zero-order valence-corrected chi connectivity index (χ0v) is 14.3. The van der Waals surface area contributed by atoms with Crippen molar-refractivity contribution in [2.45, 2.75) is 18.8 Å². The first-order valence-electron chi connectivity index (χ1n) is 8.96. The summed E-state index contributed by atoms with van der Waals surface area (Å²) in [6.45, 7) is 1.48. The van der Waals surface area contributed by atoms with Crippen LogP contribution in [0.1, 0.15) is 34.9 Å². The van der Waals surface area contributed by atoms with Crippen LogP contribution >= 0.6 is 0 Å². The van der Waals surface area contributed by atoms with Gasteiger partial charge in [0.2, 0.25) is 0 Å². The number of nitrogens with zero attached hydrogens (tertiary/aromatic N) is 4. The van der Waals surface area contributed by atoms with E-state index in [4.69, 9.17) is 0 Å². The molecule has 6 heteroatoms. The van der Waals surface area contributed by atoms with Gasteiger partial charge in [-0.25, -0.2) is 0 Å². The molecule has 1 N–H and O–H groups in total. The molecular formula is C20H19N5O. The third-order valence-corrected chi connectivity index (χ3v) is 5.31. The fourth-order valence-corrected chi connectivity index (χ4v) is 3.90. The topological polar surface area (TPSA) is 66.3 Å². The van der Waals surface area contributed by atoms with Crippen molar-refractivity contribution in [1.82, 2.24) is 24.5 Å². The fraction of sp³-hybridized carbons (Fsp3) is 0.250. The third kappa shape index (κ3) is 2.37. The van der Waals surface area contributed by atoms with Gasteiger partial charge in [0.05, 0.1) is 5.56 Å². The number of fused-ring (bicyclic) bond motifs is 2. The average molecular weight is 345 g/mol. The Morgan fingerprint density at radius 3 is 2.73 bits per heavy atom. The first kappa shape index (κ1) is 15.1. The zero-order valence-electron chi connectivity index (χ0n) is 14.3. The summed E-state index contributed by atoms with van der Waals surface area (Å²) in [6.07, 6.45) is 5.65. The monoisotopic (exact) mass is 345 g/mol. The predicted octanol–water partition coefficient (Wildman–Crippen LogP) is 3.23. The van der Waals surface area contributed by atoms with E-state index in [0.29, 0.717) is 5.92 Å². The number of carbonyl (C=O) groups is 1. The number of piperidine rings is 1. The van der Waals surface area contributed by atoms with Crippen molar-refractivity contribution in [3.05, 3.63) is 66.2 Å². The first-order valence-corrected chi connectivity index (χ1v) is 8.96. The van der Waals surface area contributed by atoms with Gasteiger partial charge >= 0.3 is 0 Å². The molecule has 26 heavy (non-hydrogen) atoms. The summed E-state index contributed by atoms with van der Waals surface area (Å²) in [5.41, 5.74) is 2.63. The number of nitrogens with one attached hydrogen (secondary N) is 1. The lowest BCUT2D eigenvalue weighted by atomic mass is 9.95. The first-order chi connectivity index (χ1) is 12.8. The normalized spacial score (nSPS) is 15.8. The lowest BCUT2D eigenvalue weighted by molar-refractivity contribution is 0.0713. The smallest absolute Gasteiger partial charge is 0.256 e. The van der Waals surface area contributed by atoms with Gasteiger partial charge in [-0.3, -0.25) is 9.20 Å². The summed E-state index contributed by atoms with van der Waals surface area (Å²) < 4.78 is 2.06. The molecule has 5 rings (SSSR count). The quantitative estimate of drug-likeness (QED) is 0.606. The summed E-state index contributed by atoms with van der Waals surface area (Å²) in [6, 6.07) is 13.9. The summed E-state index contributed by atoms with van der Waals surface area (Å²) in [7, 11) is 0. The number of H-pyrrole nitrogens is 1. The second-order valence-corrected chi connectivity index (χ2v) is 6.80. The number of amides is 1. The van der Waals surface area contributed by atoms with Crippen molar-refractivity contribution >= 4 is 22.5 Å². The highest BCUT2D eigenvalue weighted by Gasteiger charge is 2.28. The molecule has 4 heterocycles. The van der Waals surface area contributed by atoms with Crippen LogP contribution in [0.3, 0.4) is 0 Å². The molecule has 1 aromatic carbocycles. The van der Waals surface area contributed by atoms with Crippen LogP contribution in [0.4, 0.5) is 0 Å². The van der Waals surface area contributed by atoms with Gasteiger partial charge in [-0.05, 0) is 31.0 Å². The minimum atomic E-state index is 0.104. The maximum absolute atomic E-state index is 13.0. The molecule has 1 amide bonds. The van der Waals surface area contributed by atoms with E-state index < -0.39 is 0 Å². The molecule has 4 aromatic rings.